The summed E-state index contributed by atoms with van der Waals surface area (Å²) in [6.07, 6.45) is 4.88. The number of benzene rings is 1. The van der Waals surface area contributed by atoms with Gasteiger partial charge in [0.05, 0.1) is 5.69 Å². The van der Waals surface area contributed by atoms with Gasteiger partial charge in [-0.15, -0.1) is 0 Å². The van der Waals surface area contributed by atoms with Gasteiger partial charge in [-0.3, -0.25) is 0 Å². The van der Waals surface area contributed by atoms with Crippen LogP contribution >= 0.6 is 0 Å². The van der Waals surface area contributed by atoms with Crippen LogP contribution in [0.3, 0.4) is 0 Å². The van der Waals surface area contributed by atoms with Gasteiger partial charge in [0.25, 0.3) is 0 Å². The molecule has 0 heterocycles. The van der Waals surface area contributed by atoms with E-state index >= 15 is 0 Å². The molecule has 1 aromatic carbocycles. The van der Waals surface area contributed by atoms with Gasteiger partial charge >= 0.3 is 0 Å². The molecule has 5 heteroatoms. The van der Waals surface area contributed by atoms with Crippen LogP contribution in [0.25, 0.3) is 0 Å². The third kappa shape index (κ3) is 3.15. The molecule has 4 nitrogen and oxygen atoms in total. The van der Waals surface area contributed by atoms with Crippen LogP contribution in [0.2, 0.25) is 0 Å². The molecular formula is C15H24N2O2S. The summed E-state index contributed by atoms with van der Waals surface area (Å²) in [7, 11) is -0.274. The number of nitrogens with zero attached hydrogens (tertiary/aromatic N) is 1. The maximum Gasteiger partial charge on any atom is 0.244 e. The van der Waals surface area contributed by atoms with Crippen molar-refractivity contribution in [2.75, 3.05) is 26.0 Å². The van der Waals surface area contributed by atoms with Crippen molar-refractivity contribution >= 4 is 15.7 Å². The van der Waals surface area contributed by atoms with E-state index in [1.165, 1.54) is 30.0 Å². The van der Waals surface area contributed by atoms with Gasteiger partial charge in [0, 0.05) is 20.6 Å². The SMILES string of the molecule is CCCC1(CNc2ccccc2S(=O)(=O)N(C)C)CC1. The minimum atomic E-state index is -3.40. The monoisotopic (exact) mass is 296 g/mol. The van der Waals surface area contributed by atoms with Gasteiger partial charge in [0.1, 0.15) is 4.90 Å². The largest absolute Gasteiger partial charge is 0.383 e. The van der Waals surface area contributed by atoms with Crippen LogP contribution in [0, 0.1) is 5.41 Å². The van der Waals surface area contributed by atoms with Crippen molar-refractivity contribution in [3.05, 3.63) is 24.3 Å². The van der Waals surface area contributed by atoms with E-state index in [1.54, 1.807) is 26.2 Å². The molecule has 2 rings (SSSR count). The Morgan fingerprint density at radius 1 is 1.25 bits per heavy atom. The van der Waals surface area contributed by atoms with Crippen LogP contribution in [0.1, 0.15) is 32.6 Å². The summed E-state index contributed by atoms with van der Waals surface area (Å²) in [4.78, 5) is 0.359. The molecule has 1 N–H and O–H groups in total. The number of hydrogen-bond acceptors (Lipinski definition) is 3. The molecule has 20 heavy (non-hydrogen) atoms. The summed E-state index contributed by atoms with van der Waals surface area (Å²) in [6.45, 7) is 3.06. The second kappa shape index (κ2) is 5.74. The van der Waals surface area contributed by atoms with Gasteiger partial charge in [-0.25, -0.2) is 12.7 Å². The Bertz CT molecular complexity index is 563. The first-order valence-electron chi connectivity index (χ1n) is 7.17. The highest BCUT2D eigenvalue weighted by Crippen LogP contribution is 2.49. The third-order valence-electron chi connectivity index (χ3n) is 4.04. The van der Waals surface area contributed by atoms with Crippen molar-refractivity contribution in [2.24, 2.45) is 5.41 Å². The highest BCUT2D eigenvalue weighted by Gasteiger charge is 2.41. The van der Waals surface area contributed by atoms with E-state index in [0.717, 1.165) is 6.54 Å². The molecule has 0 bridgehead atoms. The normalized spacial score (nSPS) is 17.2. The molecule has 1 aromatic rings. The van der Waals surface area contributed by atoms with Crippen LogP contribution in [-0.4, -0.2) is 33.4 Å². The number of sulfonamides is 1. The van der Waals surface area contributed by atoms with Gasteiger partial charge < -0.3 is 5.32 Å². The lowest BCUT2D eigenvalue weighted by molar-refractivity contribution is 0.484. The first-order valence-corrected chi connectivity index (χ1v) is 8.61. The third-order valence-corrected chi connectivity index (χ3v) is 5.91. The van der Waals surface area contributed by atoms with E-state index in [0.29, 0.717) is 16.0 Å². The summed E-state index contributed by atoms with van der Waals surface area (Å²) in [6, 6.07) is 7.15. The molecule has 1 fully saturated rings. The molecule has 0 unspecified atom stereocenters. The Hall–Kier alpha value is -1.07. The van der Waals surface area contributed by atoms with E-state index < -0.39 is 10.0 Å². The zero-order valence-corrected chi connectivity index (χ0v) is 13.3. The van der Waals surface area contributed by atoms with E-state index in [-0.39, 0.29) is 0 Å². The average Bonchev–Trinajstić information content (AvgIpc) is 3.17. The Balaban J connectivity index is 2.17. The van der Waals surface area contributed by atoms with E-state index in [9.17, 15) is 8.42 Å². The average molecular weight is 296 g/mol. The Kier molecular flexibility index (Phi) is 4.39. The van der Waals surface area contributed by atoms with Crippen molar-refractivity contribution in [3.8, 4) is 0 Å². The molecule has 0 amide bonds. The Labute approximate surface area is 122 Å². The zero-order chi connectivity index (χ0) is 14.8. The highest BCUT2D eigenvalue weighted by molar-refractivity contribution is 7.89. The molecule has 0 saturated heterocycles. The van der Waals surface area contributed by atoms with Gasteiger partial charge in [0.15, 0.2) is 0 Å². The number of hydrogen-bond donors (Lipinski definition) is 1. The first-order chi connectivity index (χ1) is 9.41. The van der Waals surface area contributed by atoms with Crippen LogP contribution in [0.15, 0.2) is 29.2 Å². The van der Waals surface area contributed by atoms with Crippen molar-refractivity contribution in [1.29, 1.82) is 0 Å². The number of para-hydroxylation sites is 1. The predicted molar refractivity (Wildman–Crippen MR) is 82.4 cm³/mol. The summed E-state index contributed by atoms with van der Waals surface area (Å²) < 4.78 is 25.9. The van der Waals surface area contributed by atoms with Crippen LogP contribution < -0.4 is 5.32 Å². The molecule has 1 saturated carbocycles. The molecule has 112 valence electrons. The molecule has 0 spiro atoms. The van der Waals surface area contributed by atoms with Crippen molar-refractivity contribution in [3.63, 3.8) is 0 Å². The van der Waals surface area contributed by atoms with Crippen molar-refractivity contribution in [2.45, 2.75) is 37.5 Å². The van der Waals surface area contributed by atoms with E-state index in [4.69, 9.17) is 0 Å². The molecule has 0 radical (unpaired) electrons. The van der Waals surface area contributed by atoms with Crippen LogP contribution in [0.5, 0.6) is 0 Å². The molecule has 0 atom stereocenters. The summed E-state index contributed by atoms with van der Waals surface area (Å²) in [5.41, 5.74) is 1.10. The first kappa shape index (κ1) is 15.3. The van der Waals surface area contributed by atoms with Crippen LogP contribution in [0.4, 0.5) is 5.69 Å². The summed E-state index contributed by atoms with van der Waals surface area (Å²) >= 11 is 0. The summed E-state index contributed by atoms with van der Waals surface area (Å²) in [5, 5.41) is 3.36. The molecular weight excluding hydrogens is 272 g/mol. The second-order valence-electron chi connectivity index (χ2n) is 5.89. The fourth-order valence-electron chi connectivity index (χ4n) is 2.54. The van der Waals surface area contributed by atoms with Crippen molar-refractivity contribution < 1.29 is 8.42 Å². The van der Waals surface area contributed by atoms with Gasteiger partial charge in [0.2, 0.25) is 10.0 Å². The Morgan fingerprint density at radius 3 is 2.45 bits per heavy atom. The molecule has 1 aliphatic carbocycles. The predicted octanol–water partition coefficient (Wildman–Crippen LogP) is 2.93. The second-order valence-corrected chi connectivity index (χ2v) is 8.01. The lowest BCUT2D eigenvalue weighted by Crippen LogP contribution is -2.24. The quantitative estimate of drug-likeness (QED) is 0.841. The lowest BCUT2D eigenvalue weighted by Gasteiger charge is -2.19. The zero-order valence-electron chi connectivity index (χ0n) is 12.5. The fraction of sp³-hybridized carbons (Fsp3) is 0.600. The minimum Gasteiger partial charge on any atom is -0.383 e. The number of anilines is 1. The standard InChI is InChI=1S/C15H24N2O2S/c1-4-9-15(10-11-15)12-16-13-7-5-6-8-14(13)20(18,19)17(2)3/h5-8,16H,4,9-12H2,1-3H3. The fourth-order valence-corrected chi connectivity index (χ4v) is 3.60. The van der Waals surface area contributed by atoms with Crippen LogP contribution in [-0.2, 0) is 10.0 Å². The molecule has 1 aliphatic rings. The summed E-state index contributed by atoms with van der Waals surface area (Å²) in [5.74, 6) is 0. The topological polar surface area (TPSA) is 49.4 Å². The Morgan fingerprint density at radius 2 is 1.90 bits per heavy atom. The minimum absolute atomic E-state index is 0.359. The van der Waals surface area contributed by atoms with Gasteiger partial charge in [-0.2, -0.15) is 0 Å². The number of nitrogens with one attached hydrogen (secondary N) is 1. The van der Waals surface area contributed by atoms with Gasteiger partial charge in [-0.05, 0) is 36.8 Å². The highest BCUT2D eigenvalue weighted by atomic mass is 32.2. The lowest BCUT2D eigenvalue weighted by atomic mass is 10.0. The maximum absolute atomic E-state index is 12.3. The maximum atomic E-state index is 12.3. The molecule has 0 aliphatic heterocycles. The van der Waals surface area contributed by atoms with E-state index in [2.05, 4.69) is 12.2 Å². The molecule has 0 aromatic heterocycles. The van der Waals surface area contributed by atoms with Crippen molar-refractivity contribution in [1.82, 2.24) is 4.31 Å². The van der Waals surface area contributed by atoms with Gasteiger partial charge in [-0.1, -0.05) is 25.5 Å². The van der Waals surface area contributed by atoms with E-state index in [1.807, 2.05) is 12.1 Å². The number of rotatable bonds is 7. The smallest absolute Gasteiger partial charge is 0.244 e.